The number of fused-ring (bicyclic) bond motifs is 1. The summed E-state index contributed by atoms with van der Waals surface area (Å²) >= 11 is 6.92. The number of alkyl halides is 3. The average Bonchev–Trinajstić information content (AvgIpc) is 3.41. The Hall–Kier alpha value is -1.40. The van der Waals surface area contributed by atoms with E-state index in [9.17, 15) is 37.1 Å². The summed E-state index contributed by atoms with van der Waals surface area (Å²) in [5, 5.41) is 1.23. The molecule has 214 valence electrons. The van der Waals surface area contributed by atoms with Gasteiger partial charge >= 0.3 is 71.2 Å². The standard InChI is InChI=1S/C22H19ClF3N4O8PS.2Na/c1-11-13(17-18(31)28(2)21(32)29(3)19(17)37-11)6-7-27-20-30(10-36-39(33,34)35)15(9-40-20)12-4-5-16(14(23)8-12)38-22(24,25)26;;/h4-9H,10H2,1-3H3,(H2,33,34,35);;/q;2*+1/p-2. The van der Waals surface area contributed by atoms with E-state index in [4.69, 9.17) is 16.0 Å². The zero-order valence-electron chi connectivity index (χ0n) is 22.6. The molecule has 0 spiro atoms. The number of aryl methyl sites for hydroxylation is 2. The van der Waals surface area contributed by atoms with Gasteiger partial charge in [-0.05, 0) is 31.2 Å². The van der Waals surface area contributed by atoms with Crippen LogP contribution in [0.5, 0.6) is 5.75 Å². The fourth-order valence-corrected chi connectivity index (χ4v) is 5.07. The molecule has 0 bridgehead atoms. The van der Waals surface area contributed by atoms with Crippen molar-refractivity contribution >= 4 is 47.9 Å². The van der Waals surface area contributed by atoms with Crippen molar-refractivity contribution in [1.82, 2.24) is 13.7 Å². The second-order valence-corrected chi connectivity index (χ2v) is 10.5. The van der Waals surface area contributed by atoms with Crippen LogP contribution in [-0.4, -0.2) is 20.1 Å². The van der Waals surface area contributed by atoms with Gasteiger partial charge in [0, 0.05) is 36.8 Å². The number of rotatable bonds is 7. The van der Waals surface area contributed by atoms with Gasteiger partial charge in [-0.15, -0.1) is 24.5 Å². The first-order valence-electron chi connectivity index (χ1n) is 10.9. The molecule has 4 rings (SSSR count). The maximum atomic E-state index is 12.7. The number of aromatic nitrogens is 3. The van der Waals surface area contributed by atoms with Crippen LogP contribution in [0.25, 0.3) is 28.4 Å². The maximum absolute atomic E-state index is 12.7. The molecule has 0 unspecified atom stereocenters. The molecule has 0 aliphatic rings. The van der Waals surface area contributed by atoms with Crippen LogP contribution in [0.2, 0.25) is 5.02 Å². The number of phosphoric acid groups is 1. The molecule has 12 nitrogen and oxygen atoms in total. The van der Waals surface area contributed by atoms with Gasteiger partial charge in [-0.25, -0.2) is 9.79 Å². The molecule has 0 saturated heterocycles. The summed E-state index contributed by atoms with van der Waals surface area (Å²) < 4.78 is 66.1. The summed E-state index contributed by atoms with van der Waals surface area (Å²) in [7, 11) is -2.66. The van der Waals surface area contributed by atoms with E-state index in [0.717, 1.165) is 28.0 Å². The minimum absolute atomic E-state index is 0. The summed E-state index contributed by atoms with van der Waals surface area (Å²) in [6, 6.07) is 3.35. The summed E-state index contributed by atoms with van der Waals surface area (Å²) in [5.41, 5.74) is -0.329. The Kier molecular flexibility index (Phi) is 12.4. The van der Waals surface area contributed by atoms with Crippen LogP contribution in [0.4, 0.5) is 13.2 Å². The molecular weight excluding hydrogens is 650 g/mol. The van der Waals surface area contributed by atoms with Crippen molar-refractivity contribution in [1.29, 1.82) is 0 Å². The number of furan rings is 1. The summed E-state index contributed by atoms with van der Waals surface area (Å²) in [6.45, 7) is 0.779. The van der Waals surface area contributed by atoms with Crippen molar-refractivity contribution in [2.45, 2.75) is 20.0 Å². The van der Waals surface area contributed by atoms with E-state index in [1.165, 1.54) is 47.0 Å². The molecular formula is C22H17ClF3N4Na2O8PS. The third-order valence-corrected chi connectivity index (χ3v) is 7.14. The average molecular weight is 667 g/mol. The SMILES string of the molecule is Cc1oc2c(c1C=CN=c1scc(-c3ccc(OC(F)(F)F)c(Cl)c3)n1COP(=O)([O-])[O-])c(=O)n(C)c(=O)n2C.[Na+].[Na+]. The van der Waals surface area contributed by atoms with Crippen LogP contribution in [0.15, 0.2) is 48.8 Å². The summed E-state index contributed by atoms with van der Waals surface area (Å²) in [5.74, 6) is -0.337. The van der Waals surface area contributed by atoms with E-state index < -0.39 is 37.9 Å². The Morgan fingerprint density at radius 1 is 1.19 bits per heavy atom. The first-order chi connectivity index (χ1) is 18.6. The molecule has 0 N–H and O–H groups in total. The molecule has 3 aromatic heterocycles. The molecule has 1 aromatic carbocycles. The summed E-state index contributed by atoms with van der Waals surface area (Å²) in [6.07, 6.45) is -2.26. The van der Waals surface area contributed by atoms with Crippen LogP contribution < -0.4 is 89.7 Å². The predicted octanol–water partition coefficient (Wildman–Crippen LogP) is -3.40. The largest absolute Gasteiger partial charge is 1.00 e. The van der Waals surface area contributed by atoms with E-state index in [1.807, 2.05) is 0 Å². The van der Waals surface area contributed by atoms with Gasteiger partial charge in [0.25, 0.3) is 5.56 Å². The number of ether oxygens (including phenoxy) is 1. The smallest absolute Gasteiger partial charge is 0.790 e. The fourth-order valence-electron chi connectivity index (χ4n) is 3.71. The third-order valence-electron chi connectivity index (χ3n) is 5.53. The van der Waals surface area contributed by atoms with Gasteiger partial charge in [-0.2, -0.15) is 0 Å². The van der Waals surface area contributed by atoms with Crippen molar-refractivity contribution in [2.75, 3.05) is 0 Å². The molecule has 20 heteroatoms. The maximum Gasteiger partial charge on any atom is 1.00 e. The van der Waals surface area contributed by atoms with Gasteiger partial charge in [0.05, 0.1) is 18.5 Å². The Morgan fingerprint density at radius 3 is 2.45 bits per heavy atom. The quantitative estimate of drug-likeness (QED) is 0.146. The van der Waals surface area contributed by atoms with Crippen LogP contribution in [0, 0.1) is 6.92 Å². The fraction of sp³-hybridized carbons (Fsp3) is 0.227. The molecule has 0 radical (unpaired) electrons. The Bertz CT molecular complexity index is 1890. The Balaban J connectivity index is 0.00000308. The first-order valence-corrected chi connectivity index (χ1v) is 13.6. The molecule has 0 atom stereocenters. The number of hydrogen-bond donors (Lipinski definition) is 0. The molecule has 0 fully saturated rings. The van der Waals surface area contributed by atoms with Gasteiger partial charge < -0.3 is 28.0 Å². The van der Waals surface area contributed by atoms with Gasteiger partial charge in [-0.1, -0.05) is 11.6 Å². The van der Waals surface area contributed by atoms with Crippen molar-refractivity contribution in [3.05, 3.63) is 71.8 Å². The zero-order valence-corrected chi connectivity index (χ0v) is 29.1. The van der Waals surface area contributed by atoms with Gasteiger partial charge in [-0.3, -0.25) is 18.5 Å². The zero-order chi connectivity index (χ0) is 29.6. The van der Waals surface area contributed by atoms with Crippen molar-refractivity contribution in [3.63, 3.8) is 0 Å². The van der Waals surface area contributed by atoms with Crippen LogP contribution in [0.1, 0.15) is 11.3 Å². The minimum Gasteiger partial charge on any atom is -0.790 e. The second kappa shape index (κ2) is 14.1. The van der Waals surface area contributed by atoms with E-state index in [-0.39, 0.29) is 91.3 Å². The van der Waals surface area contributed by atoms with E-state index in [2.05, 4.69) is 14.3 Å². The van der Waals surface area contributed by atoms with Crippen LogP contribution in [-0.2, 0) is 29.9 Å². The first kappa shape index (κ1) is 36.8. The number of halogens is 4. The molecule has 0 saturated carbocycles. The number of thiazole rings is 1. The van der Waals surface area contributed by atoms with Crippen molar-refractivity contribution in [2.24, 2.45) is 19.1 Å². The van der Waals surface area contributed by atoms with E-state index in [1.54, 1.807) is 6.92 Å². The second-order valence-electron chi connectivity index (χ2n) is 8.13. The van der Waals surface area contributed by atoms with Crippen molar-refractivity contribution in [3.8, 4) is 17.0 Å². The molecule has 0 aliphatic carbocycles. The van der Waals surface area contributed by atoms with Crippen molar-refractivity contribution < 1.29 is 100 Å². The molecule has 42 heavy (non-hydrogen) atoms. The predicted molar refractivity (Wildman–Crippen MR) is 134 cm³/mol. The monoisotopic (exact) mass is 666 g/mol. The van der Waals surface area contributed by atoms with Gasteiger partial charge in [0.2, 0.25) is 5.71 Å². The normalized spacial score (nSPS) is 12.5. The van der Waals surface area contributed by atoms with Gasteiger partial charge in [0.1, 0.15) is 23.6 Å². The van der Waals surface area contributed by atoms with Crippen LogP contribution >= 0.6 is 30.8 Å². The van der Waals surface area contributed by atoms with Gasteiger partial charge in [0.15, 0.2) is 4.80 Å². The number of phosphoric ester groups is 1. The topological polar surface area (TPSA) is 156 Å². The summed E-state index contributed by atoms with van der Waals surface area (Å²) in [4.78, 5) is 51.6. The molecule has 3 heterocycles. The third kappa shape index (κ3) is 8.20. The number of benzene rings is 1. The Morgan fingerprint density at radius 2 is 1.86 bits per heavy atom. The molecule has 4 aromatic rings. The van der Waals surface area contributed by atoms with E-state index in [0.29, 0.717) is 11.3 Å². The Labute approximate surface area is 287 Å². The minimum atomic E-state index is -5.42. The van der Waals surface area contributed by atoms with E-state index >= 15 is 0 Å². The molecule has 0 aliphatic heterocycles. The number of nitrogens with zero attached hydrogens (tertiary/aromatic N) is 4. The van der Waals surface area contributed by atoms with Crippen LogP contribution in [0.3, 0.4) is 0 Å². The number of hydrogen-bond acceptors (Lipinski definition) is 10. The molecule has 0 amide bonds.